The highest BCUT2D eigenvalue weighted by Crippen LogP contribution is 2.30. The predicted octanol–water partition coefficient (Wildman–Crippen LogP) is 1.96. The number of ether oxygens (including phenoxy) is 1. The van der Waals surface area contributed by atoms with Crippen molar-refractivity contribution in [1.29, 1.82) is 0 Å². The van der Waals surface area contributed by atoms with Crippen molar-refractivity contribution in [1.82, 2.24) is 14.7 Å². The molecule has 1 aromatic carbocycles. The molecule has 1 atom stereocenters. The Morgan fingerprint density at radius 3 is 2.86 bits per heavy atom. The van der Waals surface area contributed by atoms with Crippen LogP contribution in [0.3, 0.4) is 0 Å². The number of carbonyl (C=O) groups is 1. The average Bonchev–Trinajstić information content (AvgIpc) is 2.98. The molecule has 1 aromatic heterocycles. The Hall–Kier alpha value is -2.34. The van der Waals surface area contributed by atoms with Crippen LogP contribution in [0.15, 0.2) is 36.7 Å². The van der Waals surface area contributed by atoms with Crippen molar-refractivity contribution in [2.24, 2.45) is 0 Å². The highest BCUT2D eigenvalue weighted by Gasteiger charge is 2.27. The molecule has 0 spiro atoms. The van der Waals surface area contributed by atoms with E-state index in [4.69, 9.17) is 4.74 Å². The number of aryl methyl sites for hydroxylation is 1. The van der Waals surface area contributed by atoms with Crippen LogP contribution in [-0.4, -0.2) is 46.5 Å². The monoisotopic (exact) mass is 303 g/mol. The first kappa shape index (κ1) is 16.0. The number of hydrogen-bond donors (Lipinski definition) is 1. The zero-order chi connectivity index (χ0) is 16.1. The zero-order valence-electron chi connectivity index (χ0n) is 13.1. The largest absolute Gasteiger partial charge is 0.496 e. The van der Waals surface area contributed by atoms with E-state index in [1.807, 2.05) is 37.4 Å². The van der Waals surface area contributed by atoms with E-state index in [1.165, 1.54) is 0 Å². The Bertz CT molecular complexity index is 626. The van der Waals surface area contributed by atoms with Crippen molar-refractivity contribution < 1.29 is 14.6 Å². The molecule has 6 nitrogen and oxygen atoms in total. The molecule has 0 saturated heterocycles. The van der Waals surface area contributed by atoms with Gasteiger partial charge in [-0.1, -0.05) is 17.7 Å². The van der Waals surface area contributed by atoms with Crippen LogP contribution < -0.4 is 4.74 Å². The summed E-state index contributed by atoms with van der Waals surface area (Å²) >= 11 is 0. The summed E-state index contributed by atoms with van der Waals surface area (Å²) in [6.07, 6.45) is 3.56. The fraction of sp³-hybridized carbons (Fsp3) is 0.375. The lowest BCUT2D eigenvalue weighted by Crippen LogP contribution is -2.33. The Labute approximate surface area is 129 Å². The van der Waals surface area contributed by atoms with Crippen molar-refractivity contribution in [3.63, 3.8) is 0 Å². The molecule has 1 unspecified atom stereocenters. The van der Waals surface area contributed by atoms with Crippen LogP contribution in [0.25, 0.3) is 0 Å². The van der Waals surface area contributed by atoms with E-state index in [0.717, 1.165) is 5.56 Å². The van der Waals surface area contributed by atoms with Gasteiger partial charge < -0.3 is 9.84 Å². The first-order valence-electron chi connectivity index (χ1n) is 7.08. The van der Waals surface area contributed by atoms with Gasteiger partial charge in [-0.3, -0.25) is 14.4 Å². The number of aromatic nitrogens is 2. The van der Waals surface area contributed by atoms with Gasteiger partial charge in [0.05, 0.1) is 13.7 Å². The van der Waals surface area contributed by atoms with Crippen LogP contribution in [0, 0.1) is 6.92 Å². The smallest absolute Gasteiger partial charge is 0.325 e. The molecule has 0 fully saturated rings. The van der Waals surface area contributed by atoms with Gasteiger partial charge in [-0.15, -0.1) is 0 Å². The van der Waals surface area contributed by atoms with Gasteiger partial charge in [-0.2, -0.15) is 5.10 Å². The van der Waals surface area contributed by atoms with Gasteiger partial charge in [-0.25, -0.2) is 0 Å². The van der Waals surface area contributed by atoms with Crippen LogP contribution in [0.4, 0.5) is 0 Å². The molecule has 0 saturated carbocycles. The van der Waals surface area contributed by atoms with Crippen molar-refractivity contribution in [3.05, 3.63) is 47.8 Å². The first-order valence-corrected chi connectivity index (χ1v) is 7.08. The number of hydrogen-bond acceptors (Lipinski definition) is 4. The fourth-order valence-electron chi connectivity index (χ4n) is 2.45. The molecule has 0 radical (unpaired) electrons. The van der Waals surface area contributed by atoms with Gasteiger partial charge in [0.2, 0.25) is 0 Å². The molecule has 0 amide bonds. The summed E-state index contributed by atoms with van der Waals surface area (Å²) in [6, 6.07) is 6.66. The molecule has 0 bridgehead atoms. The Morgan fingerprint density at radius 1 is 1.50 bits per heavy atom. The molecule has 2 rings (SSSR count). The van der Waals surface area contributed by atoms with Gasteiger partial charge >= 0.3 is 5.97 Å². The third-order valence-electron chi connectivity index (χ3n) is 3.60. The standard InChI is InChI=1S/C16H21N3O3/c1-12-5-6-14(22-3)13(11-12)15(16(20)21)18(2)9-10-19-8-4-7-17-19/h4-8,11,15H,9-10H2,1-3H3,(H,20,21). The highest BCUT2D eigenvalue weighted by molar-refractivity contribution is 5.76. The SMILES string of the molecule is COc1ccc(C)cc1C(C(=O)O)N(C)CCn1cccn1. The number of aliphatic carboxylic acids is 1. The second-order valence-corrected chi connectivity index (χ2v) is 5.24. The van der Waals surface area contributed by atoms with Crippen molar-refractivity contribution >= 4 is 5.97 Å². The van der Waals surface area contributed by atoms with Crippen LogP contribution in [0.2, 0.25) is 0 Å². The van der Waals surface area contributed by atoms with Crippen molar-refractivity contribution in [2.45, 2.75) is 19.5 Å². The van der Waals surface area contributed by atoms with Crippen LogP contribution in [0.5, 0.6) is 5.75 Å². The Morgan fingerprint density at radius 2 is 2.27 bits per heavy atom. The van der Waals surface area contributed by atoms with Gasteiger partial charge in [0.15, 0.2) is 0 Å². The van der Waals surface area contributed by atoms with E-state index in [0.29, 0.717) is 24.4 Å². The van der Waals surface area contributed by atoms with Gasteiger partial charge in [-0.05, 0) is 26.1 Å². The third-order valence-corrected chi connectivity index (χ3v) is 3.60. The Balaban J connectivity index is 2.22. The zero-order valence-corrected chi connectivity index (χ0v) is 13.1. The van der Waals surface area contributed by atoms with Gasteiger partial charge in [0, 0.05) is 24.5 Å². The topological polar surface area (TPSA) is 67.6 Å². The lowest BCUT2D eigenvalue weighted by atomic mass is 10.0. The second kappa shape index (κ2) is 7.09. The number of carboxylic acids is 1. The van der Waals surface area contributed by atoms with Crippen molar-refractivity contribution in [3.8, 4) is 5.75 Å². The molecule has 22 heavy (non-hydrogen) atoms. The molecule has 0 aliphatic heterocycles. The molecule has 1 N–H and O–H groups in total. The molecule has 1 heterocycles. The normalized spacial score (nSPS) is 12.4. The summed E-state index contributed by atoms with van der Waals surface area (Å²) in [5.41, 5.74) is 1.67. The summed E-state index contributed by atoms with van der Waals surface area (Å²) in [4.78, 5) is 13.6. The number of rotatable bonds is 7. The van der Waals surface area contributed by atoms with Gasteiger partial charge in [0.25, 0.3) is 0 Å². The minimum absolute atomic E-state index is 0.565. The molecule has 118 valence electrons. The van der Waals surface area contributed by atoms with E-state index < -0.39 is 12.0 Å². The summed E-state index contributed by atoms with van der Waals surface area (Å²) in [5, 5.41) is 13.8. The average molecular weight is 303 g/mol. The first-order chi connectivity index (χ1) is 10.5. The minimum Gasteiger partial charge on any atom is -0.496 e. The summed E-state index contributed by atoms with van der Waals surface area (Å²) < 4.78 is 7.11. The highest BCUT2D eigenvalue weighted by atomic mass is 16.5. The van der Waals surface area contributed by atoms with Crippen LogP contribution >= 0.6 is 0 Å². The lowest BCUT2D eigenvalue weighted by molar-refractivity contribution is -0.143. The number of carboxylic acid groups (broad SMARTS) is 1. The summed E-state index contributed by atoms with van der Waals surface area (Å²) in [6.45, 7) is 3.13. The van der Waals surface area contributed by atoms with Gasteiger partial charge in [0.1, 0.15) is 11.8 Å². The predicted molar refractivity (Wildman–Crippen MR) is 83.0 cm³/mol. The number of benzene rings is 1. The molecule has 0 aliphatic carbocycles. The molecular weight excluding hydrogens is 282 g/mol. The number of methoxy groups -OCH3 is 1. The number of nitrogens with zero attached hydrogens (tertiary/aromatic N) is 3. The maximum absolute atomic E-state index is 11.8. The van der Waals surface area contributed by atoms with Crippen molar-refractivity contribution in [2.75, 3.05) is 20.7 Å². The molecular formula is C16H21N3O3. The second-order valence-electron chi connectivity index (χ2n) is 5.24. The summed E-state index contributed by atoms with van der Waals surface area (Å²) in [5.74, 6) is -0.309. The van der Waals surface area contributed by atoms with E-state index in [2.05, 4.69) is 5.10 Å². The molecule has 6 heteroatoms. The minimum atomic E-state index is -0.896. The lowest BCUT2D eigenvalue weighted by Gasteiger charge is -2.26. The fourth-order valence-corrected chi connectivity index (χ4v) is 2.45. The van der Waals surface area contributed by atoms with E-state index in [9.17, 15) is 9.90 Å². The molecule has 0 aliphatic rings. The van der Waals surface area contributed by atoms with Crippen LogP contribution in [-0.2, 0) is 11.3 Å². The maximum atomic E-state index is 11.8. The summed E-state index contributed by atoms with van der Waals surface area (Å²) in [7, 11) is 3.35. The van der Waals surface area contributed by atoms with Crippen LogP contribution in [0.1, 0.15) is 17.2 Å². The third kappa shape index (κ3) is 3.65. The number of likely N-dealkylation sites (N-methyl/N-ethyl adjacent to an activating group) is 1. The van der Waals surface area contributed by atoms with E-state index in [1.54, 1.807) is 29.9 Å². The quantitative estimate of drug-likeness (QED) is 0.847. The van der Waals surface area contributed by atoms with E-state index in [-0.39, 0.29) is 0 Å². The maximum Gasteiger partial charge on any atom is 0.325 e. The molecule has 2 aromatic rings. The van der Waals surface area contributed by atoms with E-state index >= 15 is 0 Å². The Kier molecular flexibility index (Phi) is 5.16.